The number of rotatable bonds is 7. The van der Waals surface area contributed by atoms with Crippen LogP contribution in [-0.4, -0.2) is 13.2 Å². The molecule has 0 aromatic rings. The van der Waals surface area contributed by atoms with Crippen LogP contribution in [0.1, 0.15) is 33.1 Å². The van der Waals surface area contributed by atoms with Gasteiger partial charge in [-0.1, -0.05) is 32.0 Å². The first-order valence-electron chi connectivity index (χ1n) is 4.24. The molecule has 74 valence electrons. The molecule has 12 heavy (non-hydrogen) atoms. The van der Waals surface area contributed by atoms with Crippen molar-refractivity contribution in [3.8, 4) is 0 Å². The van der Waals surface area contributed by atoms with Gasteiger partial charge in [0.2, 0.25) is 5.69 Å². The van der Waals surface area contributed by atoms with E-state index < -0.39 is 5.69 Å². The van der Waals surface area contributed by atoms with Crippen molar-refractivity contribution in [1.29, 1.82) is 0 Å². The second-order valence-corrected chi connectivity index (χ2v) is 7.71. The molecule has 0 bridgehead atoms. The zero-order valence-electron chi connectivity index (χ0n) is 7.65. The van der Waals surface area contributed by atoms with Crippen molar-refractivity contribution in [2.75, 3.05) is 13.2 Å². The van der Waals surface area contributed by atoms with Gasteiger partial charge in [-0.3, -0.25) is 0 Å². The van der Waals surface area contributed by atoms with Gasteiger partial charge in [-0.15, -0.1) is 0 Å². The molecule has 1 unspecified atom stereocenters. The lowest BCUT2D eigenvalue weighted by molar-refractivity contribution is 0.264. The molecular formula is C7H17O2PS2. The van der Waals surface area contributed by atoms with E-state index in [1.807, 2.05) is 6.92 Å². The second kappa shape index (κ2) is 7.34. The van der Waals surface area contributed by atoms with Crippen LogP contribution in [-0.2, 0) is 20.9 Å². The fraction of sp³-hybridized carbons (Fsp3) is 1.00. The van der Waals surface area contributed by atoms with Gasteiger partial charge in [0.15, 0.2) is 0 Å². The SMILES string of the molecule is CCCCCOP(=S)(S)OCC. The normalized spacial score (nSPS) is 15.9. The predicted octanol–water partition coefficient (Wildman–Crippen LogP) is 3.38. The minimum atomic E-state index is -2.20. The van der Waals surface area contributed by atoms with Crippen molar-refractivity contribution in [1.82, 2.24) is 0 Å². The van der Waals surface area contributed by atoms with E-state index in [1.54, 1.807) is 0 Å². The summed E-state index contributed by atoms with van der Waals surface area (Å²) < 4.78 is 10.5. The summed E-state index contributed by atoms with van der Waals surface area (Å²) in [6.07, 6.45) is 3.41. The largest absolute Gasteiger partial charge is 0.322 e. The van der Waals surface area contributed by atoms with Crippen molar-refractivity contribution in [3.05, 3.63) is 0 Å². The fourth-order valence-electron chi connectivity index (χ4n) is 0.732. The smallest absolute Gasteiger partial charge is 0.244 e. The summed E-state index contributed by atoms with van der Waals surface area (Å²) in [6.45, 7) is 5.30. The molecule has 0 amide bonds. The maximum absolute atomic E-state index is 5.34. The topological polar surface area (TPSA) is 18.5 Å². The van der Waals surface area contributed by atoms with Gasteiger partial charge in [0.1, 0.15) is 0 Å². The van der Waals surface area contributed by atoms with E-state index >= 15 is 0 Å². The lowest BCUT2D eigenvalue weighted by atomic mass is 10.3. The summed E-state index contributed by atoms with van der Waals surface area (Å²) in [5.41, 5.74) is -2.20. The van der Waals surface area contributed by atoms with Crippen LogP contribution in [0.5, 0.6) is 0 Å². The number of thiol groups is 1. The van der Waals surface area contributed by atoms with Crippen LogP contribution < -0.4 is 0 Å². The zero-order valence-corrected chi connectivity index (χ0v) is 10.3. The summed E-state index contributed by atoms with van der Waals surface area (Å²) in [6, 6.07) is 0. The van der Waals surface area contributed by atoms with Gasteiger partial charge in [0, 0.05) is 0 Å². The molecule has 0 aromatic heterocycles. The Morgan fingerprint density at radius 2 is 1.92 bits per heavy atom. The molecule has 0 saturated heterocycles. The molecule has 0 aliphatic carbocycles. The Hall–Kier alpha value is 0.920. The predicted molar refractivity (Wildman–Crippen MR) is 60.4 cm³/mol. The average molecular weight is 228 g/mol. The quantitative estimate of drug-likeness (QED) is 0.409. The van der Waals surface area contributed by atoms with Crippen LogP contribution in [0.15, 0.2) is 0 Å². The van der Waals surface area contributed by atoms with E-state index in [-0.39, 0.29) is 0 Å². The van der Waals surface area contributed by atoms with E-state index in [0.717, 1.165) is 6.42 Å². The van der Waals surface area contributed by atoms with Crippen molar-refractivity contribution in [2.45, 2.75) is 33.1 Å². The molecule has 0 rings (SSSR count). The molecule has 5 heteroatoms. The molecule has 0 heterocycles. The second-order valence-electron chi connectivity index (χ2n) is 2.43. The van der Waals surface area contributed by atoms with E-state index in [0.29, 0.717) is 13.2 Å². The van der Waals surface area contributed by atoms with Crippen LogP contribution >= 0.6 is 17.9 Å². The minimum Gasteiger partial charge on any atom is -0.322 e. The van der Waals surface area contributed by atoms with Gasteiger partial charge >= 0.3 is 0 Å². The van der Waals surface area contributed by atoms with Gasteiger partial charge in [-0.25, -0.2) is 0 Å². The highest BCUT2D eigenvalue weighted by atomic mass is 32.9. The highest BCUT2D eigenvalue weighted by molar-refractivity contribution is 8.60. The minimum absolute atomic E-state index is 0.578. The van der Waals surface area contributed by atoms with Crippen LogP contribution in [0.4, 0.5) is 0 Å². The molecule has 0 fully saturated rings. The van der Waals surface area contributed by atoms with Gasteiger partial charge in [-0.05, 0) is 25.2 Å². The molecule has 0 radical (unpaired) electrons. The summed E-state index contributed by atoms with van der Waals surface area (Å²) >= 11 is 9.17. The Morgan fingerprint density at radius 3 is 2.42 bits per heavy atom. The molecule has 0 spiro atoms. The van der Waals surface area contributed by atoms with Gasteiger partial charge in [0.05, 0.1) is 13.2 Å². The lowest BCUT2D eigenvalue weighted by Crippen LogP contribution is -1.92. The highest BCUT2D eigenvalue weighted by Gasteiger charge is 2.10. The Labute approximate surface area is 85.4 Å². The summed E-state index contributed by atoms with van der Waals surface area (Å²) in [5.74, 6) is 0. The van der Waals surface area contributed by atoms with Crippen LogP contribution in [0, 0.1) is 0 Å². The Morgan fingerprint density at radius 1 is 1.25 bits per heavy atom. The van der Waals surface area contributed by atoms with Crippen molar-refractivity contribution < 1.29 is 9.05 Å². The van der Waals surface area contributed by atoms with Crippen molar-refractivity contribution in [2.24, 2.45) is 0 Å². The van der Waals surface area contributed by atoms with E-state index in [2.05, 4.69) is 19.2 Å². The Kier molecular flexibility index (Phi) is 7.90. The summed E-state index contributed by atoms with van der Waals surface area (Å²) in [5, 5.41) is 0. The summed E-state index contributed by atoms with van der Waals surface area (Å²) in [4.78, 5) is 0. The van der Waals surface area contributed by atoms with Gasteiger partial charge in [-0.2, -0.15) is 0 Å². The molecule has 0 aliphatic heterocycles. The molecule has 0 aromatic carbocycles. The number of unbranched alkanes of at least 4 members (excludes halogenated alkanes) is 2. The Balaban J connectivity index is 3.41. The molecule has 1 atom stereocenters. The first-order chi connectivity index (χ1) is 5.62. The van der Waals surface area contributed by atoms with Gasteiger partial charge in [0.25, 0.3) is 0 Å². The first kappa shape index (κ1) is 12.9. The molecule has 2 nitrogen and oxygen atoms in total. The average Bonchev–Trinajstić information content (AvgIpc) is 1.98. The van der Waals surface area contributed by atoms with Gasteiger partial charge < -0.3 is 9.05 Å². The monoisotopic (exact) mass is 228 g/mol. The molecule has 0 aliphatic rings. The standard InChI is InChI=1S/C7H17O2PS2/c1-3-5-6-7-9-10(11,12)8-4-2/h3-7H2,1-2H3,(H,11,12). The third kappa shape index (κ3) is 7.56. The highest BCUT2D eigenvalue weighted by Crippen LogP contribution is 2.53. The number of hydrogen-bond donors (Lipinski definition) is 1. The van der Waals surface area contributed by atoms with E-state index in [9.17, 15) is 0 Å². The lowest BCUT2D eigenvalue weighted by Gasteiger charge is -2.14. The van der Waals surface area contributed by atoms with Crippen molar-refractivity contribution >= 4 is 29.7 Å². The molecule has 0 N–H and O–H groups in total. The van der Waals surface area contributed by atoms with E-state index in [4.69, 9.17) is 20.9 Å². The third-order valence-electron chi connectivity index (χ3n) is 1.29. The third-order valence-corrected chi connectivity index (χ3v) is 3.71. The maximum Gasteiger partial charge on any atom is 0.244 e. The zero-order chi connectivity index (χ0) is 9.45. The first-order valence-corrected chi connectivity index (χ1v) is 8.03. The Bertz CT molecular complexity index is 152. The molecular weight excluding hydrogens is 211 g/mol. The van der Waals surface area contributed by atoms with Crippen molar-refractivity contribution in [3.63, 3.8) is 0 Å². The van der Waals surface area contributed by atoms with Crippen LogP contribution in [0.3, 0.4) is 0 Å². The maximum atomic E-state index is 5.34. The summed E-state index contributed by atoms with van der Waals surface area (Å²) in [7, 11) is 0. The van der Waals surface area contributed by atoms with E-state index in [1.165, 1.54) is 12.8 Å². The van der Waals surface area contributed by atoms with Crippen LogP contribution in [0.25, 0.3) is 0 Å². The van der Waals surface area contributed by atoms with Crippen LogP contribution in [0.2, 0.25) is 0 Å². The number of hydrogen-bond acceptors (Lipinski definition) is 3. The molecule has 0 saturated carbocycles. The fourth-order valence-corrected chi connectivity index (χ4v) is 2.62.